The Balaban J connectivity index is 1.55. The molecule has 4 rings (SSSR count). The highest BCUT2D eigenvalue weighted by atomic mass is 16.5. The Hall–Kier alpha value is -2.18. The van der Waals surface area contributed by atoms with Crippen molar-refractivity contribution in [1.29, 1.82) is 0 Å². The second-order valence-electron chi connectivity index (χ2n) is 6.33. The number of likely N-dealkylation sites (tertiary alicyclic amines) is 1. The van der Waals surface area contributed by atoms with E-state index in [1.54, 1.807) is 7.11 Å². The Morgan fingerprint density at radius 2 is 2.25 bits per heavy atom. The predicted octanol–water partition coefficient (Wildman–Crippen LogP) is 3.42. The van der Waals surface area contributed by atoms with Crippen LogP contribution in [0.15, 0.2) is 34.9 Å². The van der Waals surface area contributed by atoms with Crippen molar-refractivity contribution in [2.45, 2.75) is 38.5 Å². The van der Waals surface area contributed by atoms with Gasteiger partial charge in [0.15, 0.2) is 5.82 Å². The number of H-pyrrole nitrogens is 1. The molecule has 24 heavy (non-hydrogen) atoms. The van der Waals surface area contributed by atoms with Gasteiger partial charge >= 0.3 is 0 Å². The predicted molar refractivity (Wildman–Crippen MR) is 90.3 cm³/mol. The van der Waals surface area contributed by atoms with Gasteiger partial charge in [0, 0.05) is 18.3 Å². The first-order valence-corrected chi connectivity index (χ1v) is 8.45. The summed E-state index contributed by atoms with van der Waals surface area (Å²) in [4.78, 5) is 10.4. The van der Waals surface area contributed by atoms with E-state index in [0.29, 0.717) is 30.9 Å². The topological polar surface area (TPSA) is 67.2 Å². The number of hydrogen-bond acceptors (Lipinski definition) is 5. The quantitative estimate of drug-likeness (QED) is 0.778. The van der Waals surface area contributed by atoms with Gasteiger partial charge in [-0.3, -0.25) is 4.90 Å². The van der Waals surface area contributed by atoms with E-state index in [9.17, 15) is 0 Å². The molecule has 1 atom stereocenters. The van der Waals surface area contributed by atoms with Gasteiger partial charge in [-0.15, -0.1) is 0 Å². The lowest BCUT2D eigenvalue weighted by Gasteiger charge is -2.34. The Labute approximate surface area is 140 Å². The number of benzene rings is 1. The molecule has 1 aliphatic heterocycles. The van der Waals surface area contributed by atoms with E-state index in [1.165, 1.54) is 29.4 Å². The number of aromatic nitrogens is 3. The van der Waals surface area contributed by atoms with E-state index < -0.39 is 0 Å². The Morgan fingerprint density at radius 1 is 1.33 bits per heavy atom. The van der Waals surface area contributed by atoms with E-state index in [1.807, 2.05) is 0 Å². The standard InChI is InChI=1S/C18H22N4O2/c1-23-12-17-20-18(24-21-17)11-22-9-5-4-8-16(22)15-10-13-6-2-3-7-14(13)19-15/h2-3,6-7,10,16,19H,4-5,8-9,11-12H2,1H3/t16-/m1/s1. The minimum atomic E-state index is 0.365. The molecule has 0 spiro atoms. The van der Waals surface area contributed by atoms with Crippen LogP contribution in [-0.4, -0.2) is 33.7 Å². The van der Waals surface area contributed by atoms with Crippen LogP contribution < -0.4 is 0 Å². The molecule has 1 aromatic carbocycles. The van der Waals surface area contributed by atoms with Gasteiger partial charge in [-0.2, -0.15) is 4.98 Å². The van der Waals surface area contributed by atoms with Crippen molar-refractivity contribution in [2.24, 2.45) is 0 Å². The van der Waals surface area contributed by atoms with Crippen molar-refractivity contribution in [2.75, 3.05) is 13.7 Å². The zero-order valence-electron chi connectivity index (χ0n) is 13.9. The fraction of sp³-hybridized carbons (Fsp3) is 0.444. The minimum absolute atomic E-state index is 0.365. The lowest BCUT2D eigenvalue weighted by atomic mass is 9.99. The van der Waals surface area contributed by atoms with Gasteiger partial charge in [-0.1, -0.05) is 29.8 Å². The molecule has 0 unspecified atom stereocenters. The van der Waals surface area contributed by atoms with E-state index in [-0.39, 0.29) is 0 Å². The SMILES string of the molecule is COCc1noc(CN2CCCC[C@@H]2c2cc3ccccc3[nH]2)n1. The van der Waals surface area contributed by atoms with Gasteiger partial charge in [-0.05, 0) is 36.9 Å². The maximum Gasteiger partial charge on any atom is 0.240 e. The molecule has 0 saturated carbocycles. The van der Waals surface area contributed by atoms with E-state index in [4.69, 9.17) is 9.26 Å². The Kier molecular flexibility index (Phi) is 4.32. The lowest BCUT2D eigenvalue weighted by molar-refractivity contribution is 0.121. The first-order chi connectivity index (χ1) is 11.8. The average Bonchev–Trinajstić information content (AvgIpc) is 3.22. The molecule has 1 saturated heterocycles. The minimum Gasteiger partial charge on any atom is -0.377 e. The fourth-order valence-electron chi connectivity index (χ4n) is 3.52. The molecular weight excluding hydrogens is 304 g/mol. The molecule has 3 aromatic rings. The summed E-state index contributed by atoms with van der Waals surface area (Å²) in [6.45, 7) is 2.10. The van der Waals surface area contributed by atoms with Gasteiger partial charge < -0.3 is 14.2 Å². The molecule has 1 N–H and O–H groups in total. The van der Waals surface area contributed by atoms with Crippen molar-refractivity contribution in [3.8, 4) is 0 Å². The summed E-state index contributed by atoms with van der Waals surface area (Å²) in [5.74, 6) is 1.26. The van der Waals surface area contributed by atoms with E-state index in [2.05, 4.69) is 50.4 Å². The van der Waals surface area contributed by atoms with Gasteiger partial charge in [0.05, 0.1) is 12.6 Å². The van der Waals surface area contributed by atoms with Gasteiger partial charge in [0.2, 0.25) is 5.89 Å². The molecular formula is C18H22N4O2. The molecule has 0 bridgehead atoms. The third-order valence-corrected chi connectivity index (χ3v) is 4.65. The maximum atomic E-state index is 5.37. The summed E-state index contributed by atoms with van der Waals surface area (Å²) in [5, 5.41) is 5.22. The first-order valence-electron chi connectivity index (χ1n) is 8.45. The van der Waals surface area contributed by atoms with Gasteiger partial charge in [0.1, 0.15) is 6.61 Å². The van der Waals surface area contributed by atoms with Crippen LogP contribution in [0, 0.1) is 0 Å². The van der Waals surface area contributed by atoms with Crippen molar-refractivity contribution < 1.29 is 9.26 Å². The van der Waals surface area contributed by atoms with Crippen LogP contribution in [0.4, 0.5) is 0 Å². The van der Waals surface area contributed by atoms with Crippen molar-refractivity contribution in [3.63, 3.8) is 0 Å². The second-order valence-corrected chi connectivity index (χ2v) is 6.33. The summed E-state index contributed by atoms with van der Waals surface area (Å²) in [6, 6.07) is 11.1. The molecule has 1 fully saturated rings. The second kappa shape index (κ2) is 6.75. The van der Waals surface area contributed by atoms with Crippen molar-refractivity contribution in [3.05, 3.63) is 47.7 Å². The van der Waals surface area contributed by atoms with Crippen molar-refractivity contribution in [1.82, 2.24) is 20.0 Å². The monoisotopic (exact) mass is 326 g/mol. The number of ether oxygens (including phenoxy) is 1. The molecule has 0 radical (unpaired) electrons. The zero-order chi connectivity index (χ0) is 16.4. The number of hydrogen-bond donors (Lipinski definition) is 1. The van der Waals surface area contributed by atoms with Crippen LogP contribution in [0.25, 0.3) is 10.9 Å². The smallest absolute Gasteiger partial charge is 0.240 e. The number of piperidine rings is 1. The molecule has 1 aliphatic rings. The number of para-hydroxylation sites is 1. The number of nitrogens with zero attached hydrogens (tertiary/aromatic N) is 3. The largest absolute Gasteiger partial charge is 0.377 e. The van der Waals surface area contributed by atoms with Crippen molar-refractivity contribution >= 4 is 10.9 Å². The van der Waals surface area contributed by atoms with Crippen LogP contribution in [0.3, 0.4) is 0 Å². The highest BCUT2D eigenvalue weighted by molar-refractivity contribution is 5.80. The van der Waals surface area contributed by atoms with E-state index >= 15 is 0 Å². The average molecular weight is 326 g/mol. The molecule has 6 nitrogen and oxygen atoms in total. The number of nitrogens with one attached hydrogen (secondary N) is 1. The molecule has 0 aliphatic carbocycles. The number of fused-ring (bicyclic) bond motifs is 1. The highest BCUT2D eigenvalue weighted by Crippen LogP contribution is 2.33. The summed E-state index contributed by atoms with van der Waals surface area (Å²) in [6.07, 6.45) is 3.59. The summed E-state index contributed by atoms with van der Waals surface area (Å²) in [5.41, 5.74) is 2.46. The van der Waals surface area contributed by atoms with E-state index in [0.717, 1.165) is 13.0 Å². The van der Waals surface area contributed by atoms with Crippen LogP contribution in [0.2, 0.25) is 0 Å². The highest BCUT2D eigenvalue weighted by Gasteiger charge is 2.27. The molecule has 0 amide bonds. The number of rotatable bonds is 5. The summed E-state index contributed by atoms with van der Waals surface area (Å²) in [7, 11) is 1.63. The fourth-order valence-corrected chi connectivity index (χ4v) is 3.52. The van der Waals surface area contributed by atoms with Crippen LogP contribution in [0.5, 0.6) is 0 Å². The first kappa shape index (κ1) is 15.4. The number of methoxy groups -OCH3 is 1. The third-order valence-electron chi connectivity index (χ3n) is 4.65. The van der Waals surface area contributed by atoms with Gasteiger partial charge in [-0.25, -0.2) is 0 Å². The normalized spacial score (nSPS) is 19.1. The zero-order valence-corrected chi connectivity index (χ0v) is 13.9. The van der Waals surface area contributed by atoms with Crippen LogP contribution >= 0.6 is 0 Å². The Bertz CT molecular complexity index is 777. The maximum absolute atomic E-state index is 5.37. The Morgan fingerprint density at radius 3 is 3.12 bits per heavy atom. The van der Waals surface area contributed by atoms with Gasteiger partial charge in [0.25, 0.3) is 0 Å². The summed E-state index contributed by atoms with van der Waals surface area (Å²) >= 11 is 0. The summed E-state index contributed by atoms with van der Waals surface area (Å²) < 4.78 is 10.4. The molecule has 126 valence electrons. The van der Waals surface area contributed by atoms with Crippen LogP contribution in [0.1, 0.15) is 42.7 Å². The third kappa shape index (κ3) is 3.07. The molecule has 2 aromatic heterocycles. The lowest BCUT2D eigenvalue weighted by Crippen LogP contribution is -2.33. The molecule has 6 heteroatoms. The molecule has 3 heterocycles. The van der Waals surface area contributed by atoms with Crippen LogP contribution in [-0.2, 0) is 17.9 Å². The number of aromatic amines is 1.